The Morgan fingerprint density at radius 1 is 0.750 bits per heavy atom. The van der Waals surface area contributed by atoms with Gasteiger partial charge in [-0.1, -0.05) is 55.3 Å². The van der Waals surface area contributed by atoms with E-state index in [4.69, 9.17) is 0 Å². The summed E-state index contributed by atoms with van der Waals surface area (Å²) in [6.07, 6.45) is 7.46. The average molecular weight is 550 g/mol. The summed E-state index contributed by atoms with van der Waals surface area (Å²) in [5.41, 5.74) is 9.79. The maximum atomic E-state index is 3.68. The van der Waals surface area contributed by atoms with Gasteiger partial charge in [0.2, 0.25) is 0 Å². The van der Waals surface area contributed by atoms with Crippen molar-refractivity contribution in [2.45, 2.75) is 97.3 Å². The molecule has 0 fully saturated rings. The molecule has 2 aromatic carbocycles. The van der Waals surface area contributed by atoms with Crippen LogP contribution >= 0.6 is 15.9 Å². The van der Waals surface area contributed by atoms with Crippen LogP contribution < -0.4 is 10.6 Å². The number of hydrogen-bond donors (Lipinski definition) is 4. The number of benzene rings is 2. The highest BCUT2D eigenvalue weighted by molar-refractivity contribution is 9.10. The van der Waals surface area contributed by atoms with Gasteiger partial charge in [0.25, 0.3) is 0 Å². The molecule has 0 saturated heterocycles. The van der Waals surface area contributed by atoms with Crippen molar-refractivity contribution in [3.63, 3.8) is 0 Å². The summed E-state index contributed by atoms with van der Waals surface area (Å²) in [6.45, 7) is 11.1. The molecule has 2 heterocycles. The second-order valence-electron chi connectivity index (χ2n) is 11.3. The van der Waals surface area contributed by atoms with Crippen molar-refractivity contribution in [3.8, 4) is 0 Å². The Bertz CT molecular complexity index is 1240. The summed E-state index contributed by atoms with van der Waals surface area (Å²) in [5.74, 6) is 0. The van der Waals surface area contributed by atoms with Crippen molar-refractivity contribution < 1.29 is 0 Å². The minimum Gasteiger partial charge on any atom is -0.357 e. The van der Waals surface area contributed by atoms with Crippen LogP contribution in [0.3, 0.4) is 0 Å². The lowest BCUT2D eigenvalue weighted by Crippen LogP contribution is -2.30. The summed E-state index contributed by atoms with van der Waals surface area (Å²) >= 11 is 3.57. The van der Waals surface area contributed by atoms with Gasteiger partial charge in [-0.15, -0.1) is 0 Å². The van der Waals surface area contributed by atoms with Crippen LogP contribution in [0.2, 0.25) is 0 Å². The number of rotatable bonds is 4. The van der Waals surface area contributed by atoms with Crippen LogP contribution in [0.15, 0.2) is 40.9 Å². The number of aromatic nitrogens is 2. The number of H-pyrrole nitrogens is 2. The highest BCUT2D eigenvalue weighted by atomic mass is 79.9. The van der Waals surface area contributed by atoms with Crippen molar-refractivity contribution in [3.05, 3.63) is 68.9 Å². The molecular formula is C31H41BrN4. The van der Waals surface area contributed by atoms with Crippen LogP contribution in [-0.2, 0) is 12.8 Å². The van der Waals surface area contributed by atoms with Gasteiger partial charge in [-0.05, 0) is 86.9 Å². The van der Waals surface area contributed by atoms with E-state index in [9.17, 15) is 0 Å². The van der Waals surface area contributed by atoms with Gasteiger partial charge in [0.1, 0.15) is 0 Å². The van der Waals surface area contributed by atoms with Gasteiger partial charge in [0, 0.05) is 61.8 Å². The molecule has 0 aliphatic heterocycles. The molecule has 0 spiro atoms. The molecule has 192 valence electrons. The molecule has 6 rings (SSSR count). The molecular weight excluding hydrogens is 508 g/mol. The lowest BCUT2D eigenvalue weighted by molar-refractivity contribution is 0.417. The zero-order chi connectivity index (χ0) is 25.4. The number of aromatic amines is 2. The minimum atomic E-state index is 0.486. The molecule has 2 aliphatic rings. The third-order valence-corrected chi connectivity index (χ3v) is 8.09. The molecule has 0 bridgehead atoms. The summed E-state index contributed by atoms with van der Waals surface area (Å²) in [5, 5.41) is 10.2. The summed E-state index contributed by atoms with van der Waals surface area (Å²) in [7, 11) is 0. The molecule has 4 aromatic rings. The molecule has 4 nitrogen and oxygen atoms in total. The molecule has 5 heteroatoms. The Hall–Kier alpha value is -2.08. The SMILES string of the molecule is CC(C)NC1CCCc2c1[nH]c1ccc(Br)cc21.Cc1ccc2[nH]c3c(c2c1)CCCC3NC(C)C. The first-order valence-corrected chi connectivity index (χ1v) is 14.5. The fourth-order valence-corrected chi connectivity index (χ4v) is 6.51. The minimum absolute atomic E-state index is 0.486. The van der Waals surface area contributed by atoms with Gasteiger partial charge in [-0.25, -0.2) is 0 Å². The molecule has 4 N–H and O–H groups in total. The monoisotopic (exact) mass is 548 g/mol. The van der Waals surface area contributed by atoms with Crippen LogP contribution in [0.1, 0.15) is 93.5 Å². The highest BCUT2D eigenvalue weighted by Crippen LogP contribution is 2.37. The van der Waals surface area contributed by atoms with Gasteiger partial charge in [0.15, 0.2) is 0 Å². The largest absolute Gasteiger partial charge is 0.357 e. The summed E-state index contributed by atoms with van der Waals surface area (Å²) < 4.78 is 1.16. The highest BCUT2D eigenvalue weighted by Gasteiger charge is 2.25. The standard InChI is InChI=1S/C16H22N2.C15H19BrN2/c1-10(2)17-15-6-4-5-12-13-9-11(3)7-8-14(13)18-16(12)15;1-9(2)17-14-5-3-4-11-12-8-10(16)6-7-13(12)18-15(11)14/h7-10,15,17-18H,4-6H2,1-3H3;6-9,14,17-18H,3-5H2,1-2H3. The molecule has 0 amide bonds. The molecule has 2 aromatic heterocycles. The number of aryl methyl sites for hydroxylation is 3. The van der Waals surface area contributed by atoms with Crippen LogP contribution in [-0.4, -0.2) is 22.1 Å². The fraction of sp³-hybridized carbons (Fsp3) is 0.484. The second-order valence-corrected chi connectivity index (χ2v) is 12.2. The van der Waals surface area contributed by atoms with E-state index in [1.165, 1.54) is 88.4 Å². The van der Waals surface area contributed by atoms with Crippen LogP contribution in [0.4, 0.5) is 0 Å². The van der Waals surface area contributed by atoms with Crippen molar-refractivity contribution in [2.75, 3.05) is 0 Å². The molecule has 2 unspecified atom stereocenters. The van der Waals surface area contributed by atoms with E-state index in [1.807, 2.05) is 0 Å². The molecule has 2 aliphatic carbocycles. The van der Waals surface area contributed by atoms with Gasteiger partial charge >= 0.3 is 0 Å². The van der Waals surface area contributed by atoms with E-state index in [-0.39, 0.29) is 0 Å². The van der Waals surface area contributed by atoms with Gasteiger partial charge in [-0.2, -0.15) is 0 Å². The number of nitrogens with one attached hydrogen (secondary N) is 4. The van der Waals surface area contributed by atoms with E-state index in [1.54, 1.807) is 0 Å². The van der Waals surface area contributed by atoms with Crippen molar-refractivity contribution >= 4 is 37.7 Å². The first-order valence-electron chi connectivity index (χ1n) is 13.7. The smallest absolute Gasteiger partial charge is 0.0478 e. The third kappa shape index (κ3) is 5.29. The quantitative estimate of drug-likeness (QED) is 0.208. The number of fused-ring (bicyclic) bond motifs is 6. The van der Waals surface area contributed by atoms with Crippen LogP contribution in [0, 0.1) is 6.92 Å². The second kappa shape index (κ2) is 10.7. The topological polar surface area (TPSA) is 55.6 Å². The Morgan fingerprint density at radius 3 is 1.78 bits per heavy atom. The Balaban J connectivity index is 0.000000148. The third-order valence-electron chi connectivity index (χ3n) is 7.60. The lowest BCUT2D eigenvalue weighted by atomic mass is 9.91. The first kappa shape index (κ1) is 25.6. The Kier molecular flexibility index (Phi) is 7.62. The first-order chi connectivity index (χ1) is 17.3. The molecule has 2 atom stereocenters. The molecule has 36 heavy (non-hydrogen) atoms. The fourth-order valence-electron chi connectivity index (χ4n) is 6.15. The van der Waals surface area contributed by atoms with Crippen LogP contribution in [0.25, 0.3) is 21.8 Å². The van der Waals surface area contributed by atoms with Crippen molar-refractivity contribution in [1.29, 1.82) is 0 Å². The molecule has 0 radical (unpaired) electrons. The predicted octanol–water partition coefficient (Wildman–Crippen LogP) is 8.16. The zero-order valence-corrected chi connectivity index (χ0v) is 24.0. The van der Waals surface area contributed by atoms with E-state index >= 15 is 0 Å². The van der Waals surface area contributed by atoms with Crippen LogP contribution in [0.5, 0.6) is 0 Å². The average Bonchev–Trinajstić information content (AvgIpc) is 3.38. The van der Waals surface area contributed by atoms with Crippen molar-refractivity contribution in [1.82, 2.24) is 20.6 Å². The lowest BCUT2D eigenvalue weighted by Gasteiger charge is -2.25. The van der Waals surface area contributed by atoms with E-state index in [0.29, 0.717) is 24.2 Å². The van der Waals surface area contributed by atoms with Gasteiger partial charge < -0.3 is 20.6 Å². The van der Waals surface area contributed by atoms with E-state index in [0.717, 1.165) is 4.47 Å². The number of hydrogen-bond acceptors (Lipinski definition) is 2. The summed E-state index contributed by atoms with van der Waals surface area (Å²) in [6, 6.07) is 15.3. The number of halogens is 1. The maximum Gasteiger partial charge on any atom is 0.0478 e. The normalized spacial score (nSPS) is 19.4. The maximum absolute atomic E-state index is 3.68. The molecule has 0 saturated carbocycles. The van der Waals surface area contributed by atoms with E-state index in [2.05, 4.69) is 108 Å². The zero-order valence-electron chi connectivity index (χ0n) is 22.4. The summed E-state index contributed by atoms with van der Waals surface area (Å²) in [4.78, 5) is 7.25. The van der Waals surface area contributed by atoms with Crippen molar-refractivity contribution in [2.24, 2.45) is 0 Å². The Labute approximate surface area is 224 Å². The predicted molar refractivity (Wildman–Crippen MR) is 157 cm³/mol. The van der Waals surface area contributed by atoms with Gasteiger partial charge in [0.05, 0.1) is 0 Å². The van der Waals surface area contributed by atoms with E-state index < -0.39 is 0 Å². The Morgan fingerprint density at radius 2 is 1.25 bits per heavy atom. The van der Waals surface area contributed by atoms with Gasteiger partial charge in [-0.3, -0.25) is 0 Å².